The highest BCUT2D eigenvalue weighted by Gasteiger charge is 2.19. The maximum atomic E-state index is 13.7. The van der Waals surface area contributed by atoms with Crippen LogP contribution < -0.4 is 4.74 Å². The number of hydrogen-bond acceptors (Lipinski definition) is 6. The minimum absolute atomic E-state index is 0.166. The van der Waals surface area contributed by atoms with E-state index in [9.17, 15) is 18.0 Å². The molecule has 0 unspecified atom stereocenters. The fraction of sp³-hybridized carbons (Fsp3) is 0.455. The standard InChI is InChI=1S/C22H26F3N3O4/c1-30-19(13-27-4-6-31-7-5-27)14-28(15-29)12-16-8-18(11-26-10-16)17-2-3-20(23)21(9-17)32-22(24)25/h2-3,8-11,15,19,22H,4-7,12-14H2,1H3/t19-/m1/s1. The number of benzene rings is 1. The summed E-state index contributed by atoms with van der Waals surface area (Å²) in [5.41, 5.74) is 1.79. The maximum absolute atomic E-state index is 13.7. The number of amides is 1. The zero-order valence-corrected chi connectivity index (χ0v) is 17.8. The number of halogens is 3. The summed E-state index contributed by atoms with van der Waals surface area (Å²) in [7, 11) is 1.61. The van der Waals surface area contributed by atoms with Crippen molar-refractivity contribution in [2.75, 3.05) is 46.5 Å². The molecule has 10 heteroatoms. The van der Waals surface area contributed by atoms with Crippen LogP contribution in [0.2, 0.25) is 0 Å². The number of ether oxygens (including phenoxy) is 3. The Kier molecular flexibility index (Phi) is 8.83. The summed E-state index contributed by atoms with van der Waals surface area (Å²) in [4.78, 5) is 19.7. The van der Waals surface area contributed by atoms with Gasteiger partial charge in [-0.2, -0.15) is 8.78 Å². The summed E-state index contributed by atoms with van der Waals surface area (Å²) in [6.07, 6.45) is 3.74. The van der Waals surface area contributed by atoms with Gasteiger partial charge in [0.2, 0.25) is 6.41 Å². The molecule has 0 saturated carbocycles. The fourth-order valence-electron chi connectivity index (χ4n) is 3.52. The van der Waals surface area contributed by atoms with E-state index in [2.05, 4.69) is 14.6 Å². The number of hydrogen-bond donors (Lipinski definition) is 0. The molecular formula is C22H26F3N3O4. The van der Waals surface area contributed by atoms with Crippen LogP contribution in [0.4, 0.5) is 13.2 Å². The van der Waals surface area contributed by atoms with Gasteiger partial charge >= 0.3 is 6.61 Å². The van der Waals surface area contributed by atoms with E-state index in [0.717, 1.165) is 31.1 Å². The van der Waals surface area contributed by atoms with Crippen molar-refractivity contribution in [1.29, 1.82) is 0 Å². The van der Waals surface area contributed by atoms with Gasteiger partial charge in [-0.3, -0.25) is 14.7 Å². The number of morpholine rings is 1. The van der Waals surface area contributed by atoms with Crippen molar-refractivity contribution < 1.29 is 32.2 Å². The van der Waals surface area contributed by atoms with E-state index in [-0.39, 0.29) is 12.6 Å². The van der Waals surface area contributed by atoms with Gasteiger partial charge < -0.3 is 19.1 Å². The lowest BCUT2D eigenvalue weighted by molar-refractivity contribution is -0.120. The van der Waals surface area contributed by atoms with Crippen molar-refractivity contribution in [2.45, 2.75) is 19.3 Å². The SMILES string of the molecule is CO[C@@H](CN(C=O)Cc1cncc(-c2ccc(F)c(OC(F)F)c2)c1)CN1CCOCC1. The Bertz CT molecular complexity index is 881. The lowest BCUT2D eigenvalue weighted by Gasteiger charge is -2.31. The molecule has 2 aromatic rings. The number of nitrogens with zero attached hydrogens (tertiary/aromatic N) is 3. The Morgan fingerprint density at radius 2 is 2.00 bits per heavy atom. The number of carbonyl (C=O) groups excluding carboxylic acids is 1. The highest BCUT2D eigenvalue weighted by molar-refractivity contribution is 5.65. The highest BCUT2D eigenvalue weighted by Crippen LogP contribution is 2.28. The Morgan fingerprint density at radius 3 is 2.69 bits per heavy atom. The van der Waals surface area contributed by atoms with Gasteiger partial charge in [-0.15, -0.1) is 0 Å². The average molecular weight is 453 g/mol. The Labute approximate surface area is 184 Å². The number of aromatic nitrogens is 1. The summed E-state index contributed by atoms with van der Waals surface area (Å²) < 4.78 is 53.9. The molecule has 0 radical (unpaired) electrons. The number of carbonyl (C=O) groups is 1. The fourth-order valence-corrected chi connectivity index (χ4v) is 3.52. The van der Waals surface area contributed by atoms with Gasteiger partial charge in [-0.1, -0.05) is 6.07 Å². The topological polar surface area (TPSA) is 64.1 Å². The first-order valence-corrected chi connectivity index (χ1v) is 10.2. The second kappa shape index (κ2) is 11.8. The van der Waals surface area contributed by atoms with E-state index in [4.69, 9.17) is 9.47 Å². The van der Waals surface area contributed by atoms with E-state index in [0.29, 0.717) is 37.4 Å². The molecule has 1 atom stereocenters. The minimum Gasteiger partial charge on any atom is -0.432 e. The van der Waals surface area contributed by atoms with E-state index < -0.39 is 18.2 Å². The molecule has 1 saturated heterocycles. The third kappa shape index (κ3) is 6.91. The molecule has 2 heterocycles. The number of alkyl halides is 2. The summed E-state index contributed by atoms with van der Waals surface area (Å²) in [6.45, 7) is 1.24. The van der Waals surface area contributed by atoms with Crippen LogP contribution in [0.5, 0.6) is 5.75 Å². The van der Waals surface area contributed by atoms with Crippen molar-refractivity contribution in [2.24, 2.45) is 0 Å². The molecule has 3 rings (SSSR count). The van der Waals surface area contributed by atoms with Crippen molar-refractivity contribution in [3.8, 4) is 16.9 Å². The molecule has 7 nitrogen and oxygen atoms in total. The van der Waals surface area contributed by atoms with Gasteiger partial charge in [-0.25, -0.2) is 4.39 Å². The van der Waals surface area contributed by atoms with Gasteiger partial charge in [-0.05, 0) is 29.3 Å². The zero-order chi connectivity index (χ0) is 22.9. The zero-order valence-electron chi connectivity index (χ0n) is 17.8. The molecule has 174 valence electrons. The molecule has 0 aliphatic carbocycles. The smallest absolute Gasteiger partial charge is 0.387 e. The van der Waals surface area contributed by atoms with E-state index in [1.165, 1.54) is 18.3 Å². The van der Waals surface area contributed by atoms with Gasteiger partial charge in [0.25, 0.3) is 0 Å². The molecule has 1 aromatic carbocycles. The molecule has 1 amide bonds. The largest absolute Gasteiger partial charge is 0.432 e. The quantitative estimate of drug-likeness (QED) is 0.488. The maximum Gasteiger partial charge on any atom is 0.387 e. The molecule has 0 bridgehead atoms. The molecule has 32 heavy (non-hydrogen) atoms. The van der Waals surface area contributed by atoms with Gasteiger partial charge in [0.1, 0.15) is 0 Å². The second-order valence-corrected chi connectivity index (χ2v) is 7.41. The lowest BCUT2D eigenvalue weighted by atomic mass is 10.1. The van der Waals surface area contributed by atoms with Gasteiger partial charge in [0.15, 0.2) is 11.6 Å². The van der Waals surface area contributed by atoms with E-state index >= 15 is 0 Å². The van der Waals surface area contributed by atoms with Crippen LogP contribution >= 0.6 is 0 Å². The van der Waals surface area contributed by atoms with Crippen molar-refractivity contribution in [1.82, 2.24) is 14.8 Å². The summed E-state index contributed by atoms with van der Waals surface area (Å²) in [5, 5.41) is 0. The first kappa shape index (κ1) is 24.0. The molecule has 1 aromatic heterocycles. The van der Waals surface area contributed by atoms with Crippen LogP contribution in [-0.2, 0) is 20.8 Å². The number of rotatable bonds is 11. The number of pyridine rings is 1. The van der Waals surface area contributed by atoms with Crippen LogP contribution in [0.3, 0.4) is 0 Å². The van der Waals surface area contributed by atoms with Crippen LogP contribution in [0.1, 0.15) is 5.56 Å². The molecule has 1 aliphatic rings. The van der Waals surface area contributed by atoms with Crippen molar-refractivity contribution in [3.63, 3.8) is 0 Å². The summed E-state index contributed by atoms with van der Waals surface area (Å²) in [5.74, 6) is -1.42. The van der Waals surface area contributed by atoms with Crippen LogP contribution in [-0.4, -0.2) is 80.4 Å². The summed E-state index contributed by atoms with van der Waals surface area (Å²) in [6, 6.07) is 5.48. The highest BCUT2D eigenvalue weighted by atomic mass is 19.3. The predicted molar refractivity (Wildman–Crippen MR) is 111 cm³/mol. The van der Waals surface area contributed by atoms with Crippen LogP contribution in [0.25, 0.3) is 11.1 Å². The normalized spacial score (nSPS) is 15.5. The summed E-state index contributed by atoms with van der Waals surface area (Å²) >= 11 is 0. The molecule has 0 spiro atoms. The third-order valence-electron chi connectivity index (χ3n) is 5.15. The average Bonchev–Trinajstić information content (AvgIpc) is 2.80. The molecular weight excluding hydrogens is 427 g/mol. The van der Waals surface area contributed by atoms with E-state index in [1.807, 2.05) is 0 Å². The minimum atomic E-state index is -3.13. The third-order valence-corrected chi connectivity index (χ3v) is 5.15. The number of methoxy groups -OCH3 is 1. The predicted octanol–water partition coefficient (Wildman–Crippen LogP) is 2.79. The first-order chi connectivity index (χ1) is 15.5. The van der Waals surface area contributed by atoms with Crippen molar-refractivity contribution >= 4 is 6.41 Å². The Morgan fingerprint density at radius 1 is 1.22 bits per heavy atom. The second-order valence-electron chi connectivity index (χ2n) is 7.41. The van der Waals surface area contributed by atoms with Crippen LogP contribution in [0.15, 0.2) is 36.7 Å². The Hall–Kier alpha value is -2.69. The van der Waals surface area contributed by atoms with Gasteiger partial charge in [0.05, 0.1) is 19.3 Å². The van der Waals surface area contributed by atoms with Crippen molar-refractivity contribution in [3.05, 3.63) is 48.0 Å². The molecule has 1 fully saturated rings. The molecule has 1 aliphatic heterocycles. The van der Waals surface area contributed by atoms with Gasteiger partial charge in [0, 0.05) is 57.8 Å². The van der Waals surface area contributed by atoms with E-state index in [1.54, 1.807) is 24.3 Å². The Balaban J connectivity index is 1.67. The lowest BCUT2D eigenvalue weighted by Crippen LogP contribution is -2.45. The molecule has 0 N–H and O–H groups in total. The first-order valence-electron chi connectivity index (χ1n) is 10.2. The monoisotopic (exact) mass is 453 g/mol. The van der Waals surface area contributed by atoms with Crippen LogP contribution in [0, 0.1) is 5.82 Å².